The molecule has 0 spiro atoms. The van der Waals surface area contributed by atoms with Crippen molar-refractivity contribution in [1.29, 1.82) is 0 Å². The lowest BCUT2D eigenvalue weighted by Gasteiger charge is -2.31. The Bertz CT molecular complexity index is 6510. The molecule has 24 rings (SSSR count). The number of aryl methyl sites for hydroxylation is 1. The number of nitrogens with one attached hydrogen (secondary N) is 5. The summed E-state index contributed by atoms with van der Waals surface area (Å²) in [6.45, 7) is 42.5. The second-order valence-corrected chi connectivity index (χ2v) is 43.1. The number of anilines is 12. The highest BCUT2D eigenvalue weighted by molar-refractivity contribution is 9.10. The summed E-state index contributed by atoms with van der Waals surface area (Å²) >= 11 is 4.62. The highest BCUT2D eigenvalue weighted by Crippen LogP contribution is 2.50. The summed E-state index contributed by atoms with van der Waals surface area (Å²) in [6.07, 6.45) is 13.4. The first-order chi connectivity index (χ1) is 71.2. The summed E-state index contributed by atoms with van der Waals surface area (Å²) in [5, 5.41) is 17.9. The number of halogens is 1. The van der Waals surface area contributed by atoms with Gasteiger partial charge in [0, 0.05) is 227 Å². The molecule has 1 aliphatic carbocycles. The first kappa shape index (κ1) is 102. The minimum Gasteiger partial charge on any atom is -0.487 e. The van der Waals surface area contributed by atoms with Crippen LogP contribution in [0.5, 0.6) is 28.7 Å². The minimum atomic E-state index is -0.321. The SMILES string of the molecule is CC1(C)Cc2cc(NC(=O)c3coc(Br)n3)c(N3CCOCC3)cc2O1.CC1(C)Cc2cc(NC(=O)c3coc(C4CC4)n3)c(N3CCOCC3)cc2O1.CC1(C)Cc2cc(NC(=O)c3coc(N4CCOCC4)n3)c(N3CCOCC3)cc2O1.CC1(C)Cc2cc(NC(=O)c3csc(N4CCOCC4)n3)c(N3CCOCC3)cc2O1.Cc1cc(-c2nc(C(=O)Nc3cc4c(cc3N3CCOCC3)OC(C)(C)C4)co2)ccn1. The zero-order valence-corrected chi connectivity index (χ0v) is 87.8. The highest BCUT2D eigenvalue weighted by Gasteiger charge is 2.41. The minimum absolute atomic E-state index is 0.191. The normalized spacial score (nSPS) is 19.3. The second kappa shape index (κ2) is 43.6. The van der Waals surface area contributed by atoms with E-state index in [1.54, 1.807) is 12.3 Å². The molecule has 11 aromatic rings. The molecule has 0 bridgehead atoms. The molecular formula is C107H127BrN18O21S. The maximum atomic E-state index is 13.1. The molecule has 5 aromatic carbocycles. The van der Waals surface area contributed by atoms with Gasteiger partial charge in [-0.05, 0) is 131 Å². The monoisotopic (exact) mass is 2110 g/mol. The molecule has 18 heterocycles. The van der Waals surface area contributed by atoms with Crippen LogP contribution in [0, 0.1) is 6.92 Å². The largest absolute Gasteiger partial charge is 0.487 e. The Kier molecular flexibility index (Phi) is 30.1. The first-order valence-corrected chi connectivity index (χ1v) is 52.4. The summed E-state index contributed by atoms with van der Waals surface area (Å²) in [4.78, 5) is 106. The topological polar surface area (TPSA) is 409 Å². The van der Waals surface area contributed by atoms with Crippen LogP contribution in [-0.2, 0) is 65.3 Å². The number of hydrogen-bond donors (Lipinski definition) is 5. The third-order valence-electron chi connectivity index (χ3n) is 27.2. The Labute approximate surface area is 870 Å². The maximum absolute atomic E-state index is 13.1. The summed E-state index contributed by atoms with van der Waals surface area (Å²) in [7, 11) is 0. The first-order valence-electron chi connectivity index (χ1n) is 50.8. The number of morpholine rings is 7. The Balaban J connectivity index is 0.000000112. The molecule has 39 nitrogen and oxygen atoms in total. The lowest BCUT2D eigenvalue weighted by molar-refractivity contribution is 0.101. The van der Waals surface area contributed by atoms with Gasteiger partial charge in [-0.15, -0.1) is 11.3 Å². The van der Waals surface area contributed by atoms with E-state index in [1.807, 2.05) is 71.8 Å². The fourth-order valence-corrected chi connectivity index (χ4v) is 21.1. The van der Waals surface area contributed by atoms with Gasteiger partial charge >= 0.3 is 0 Å². The van der Waals surface area contributed by atoms with Gasteiger partial charge in [-0.1, -0.05) is 0 Å². The van der Waals surface area contributed by atoms with E-state index in [0.29, 0.717) is 141 Å². The van der Waals surface area contributed by atoms with Gasteiger partial charge in [0.25, 0.3) is 40.4 Å². The molecule has 0 radical (unpaired) electrons. The molecular weight excluding hydrogens is 1990 g/mol. The van der Waals surface area contributed by atoms with E-state index in [0.717, 1.165) is 253 Å². The van der Waals surface area contributed by atoms with Crippen LogP contribution in [0.1, 0.15) is 180 Å². The van der Waals surface area contributed by atoms with Crippen LogP contribution < -0.4 is 84.6 Å². The lowest BCUT2D eigenvalue weighted by atomic mass is 10.0. The van der Waals surface area contributed by atoms with Crippen LogP contribution >= 0.6 is 27.3 Å². The van der Waals surface area contributed by atoms with Gasteiger partial charge < -0.3 is 135 Å². The number of oxazole rings is 4. The highest BCUT2D eigenvalue weighted by atomic mass is 79.9. The predicted molar refractivity (Wildman–Crippen MR) is 561 cm³/mol. The van der Waals surface area contributed by atoms with E-state index < -0.39 is 0 Å². The summed E-state index contributed by atoms with van der Waals surface area (Å²) in [5.74, 6) is 4.47. The Morgan fingerprint density at radius 2 is 0.635 bits per heavy atom. The number of carbonyl (C=O) groups is 5. The molecule has 784 valence electrons. The predicted octanol–water partition coefficient (Wildman–Crippen LogP) is 15.5. The van der Waals surface area contributed by atoms with Crippen molar-refractivity contribution in [2.45, 2.75) is 155 Å². The average molecular weight is 2110 g/mol. The van der Waals surface area contributed by atoms with Crippen LogP contribution in [0.3, 0.4) is 0 Å². The van der Waals surface area contributed by atoms with Gasteiger partial charge in [-0.3, -0.25) is 29.0 Å². The molecule has 5 N–H and O–H groups in total. The van der Waals surface area contributed by atoms with Crippen LogP contribution in [0.25, 0.3) is 11.5 Å². The second-order valence-electron chi connectivity index (χ2n) is 41.6. The molecule has 12 aliphatic heterocycles. The fraction of sp³-hybridized carbons (Fsp3) is 0.486. The molecule has 1 saturated carbocycles. The van der Waals surface area contributed by atoms with Crippen molar-refractivity contribution < 1.29 is 98.5 Å². The number of rotatable bonds is 19. The van der Waals surface area contributed by atoms with E-state index in [9.17, 15) is 24.0 Å². The molecule has 148 heavy (non-hydrogen) atoms. The van der Waals surface area contributed by atoms with Crippen molar-refractivity contribution in [3.8, 4) is 40.2 Å². The number of nitrogens with zero attached hydrogens (tertiary/aromatic N) is 13. The Morgan fingerprint density at radius 3 is 0.966 bits per heavy atom. The van der Waals surface area contributed by atoms with Crippen molar-refractivity contribution >= 4 is 125 Å². The molecule has 0 atom stereocenters. The summed E-state index contributed by atoms with van der Waals surface area (Å²) in [6, 6.07) is 24.4. The number of benzene rings is 5. The number of aromatic nitrogens is 6. The van der Waals surface area contributed by atoms with E-state index in [-0.39, 0.29) is 79.4 Å². The van der Waals surface area contributed by atoms with E-state index in [2.05, 4.69) is 183 Å². The number of thiazole rings is 1. The summed E-state index contributed by atoms with van der Waals surface area (Å²) in [5.41, 5.74) is 15.9. The number of pyridine rings is 1. The van der Waals surface area contributed by atoms with Gasteiger partial charge in [0.2, 0.25) is 5.89 Å². The molecule has 13 aliphatic rings. The van der Waals surface area contributed by atoms with Crippen molar-refractivity contribution in [2.75, 3.05) is 245 Å². The number of ether oxygens (including phenoxy) is 12. The zero-order chi connectivity index (χ0) is 103. The average Bonchev–Trinajstić information content (AvgIpc) is 1.63. The zero-order valence-electron chi connectivity index (χ0n) is 85.4. The van der Waals surface area contributed by atoms with Crippen molar-refractivity contribution in [3.63, 3.8) is 0 Å². The van der Waals surface area contributed by atoms with Crippen molar-refractivity contribution in [2.24, 2.45) is 0 Å². The fourth-order valence-electron chi connectivity index (χ4n) is 20.0. The van der Waals surface area contributed by atoms with Crippen LogP contribution in [0.2, 0.25) is 0 Å². The quantitative estimate of drug-likeness (QED) is 0.0502. The van der Waals surface area contributed by atoms with Gasteiger partial charge in [-0.2, -0.15) is 9.97 Å². The van der Waals surface area contributed by atoms with Crippen molar-refractivity contribution in [3.05, 3.63) is 182 Å². The standard InChI is InChI=1S/C24H26N4O4.C22H28N4O5.C22H28N4O4S.C21H25N3O4.C18H20BrN3O4/c1-15-10-16(4-5-25-15)23-27-19(14-31-23)22(29)26-18-11-17-13-24(2,3)32-21(17)12-20(18)28-6-8-30-9-7-28;1-22(2)13-15-11-16(18(12-19(15)31-22)25-3-7-28-8-4-25)23-20(27)17-14-30-21(24-17)26-5-9-29-10-6-26;1-22(2)13-15-11-16(18(12-19(15)30-22)25-3-7-28-8-4-25)23-20(27)17-14-31-21(24-17)26-5-9-29-10-6-26;1-21(2)11-14-9-15(17(10-18(14)28-21)24-5-7-26-8-6-24)22-19(25)16-12-27-20(23-16)13-3-4-13;1-18(2)9-11-7-12(20-16(23)13-10-25-17(19)21-13)14(8-15(11)26-18)22-3-5-24-6-4-22/h4-5,10-12,14H,6-9,13H2,1-3H3,(H,26,29);2*11-12,14H,3-10,13H2,1-2H3,(H,23,27);9-10,12-13H,3-8,11H2,1-2H3,(H,22,25);7-8,10H,3-6,9H2,1-2H3,(H,20,23). The van der Waals surface area contributed by atoms with Crippen LogP contribution in [0.4, 0.5) is 68.0 Å². The number of fused-ring (bicyclic) bond motifs is 5. The molecule has 0 unspecified atom stereocenters. The van der Waals surface area contributed by atoms with Gasteiger partial charge in [0.15, 0.2) is 33.8 Å². The van der Waals surface area contributed by atoms with Gasteiger partial charge in [0.05, 0.1) is 149 Å². The van der Waals surface area contributed by atoms with Gasteiger partial charge in [0.1, 0.15) is 87.5 Å². The van der Waals surface area contributed by atoms with E-state index in [1.165, 1.54) is 36.4 Å². The molecule has 7 saturated heterocycles. The molecule has 5 amide bonds. The summed E-state index contributed by atoms with van der Waals surface area (Å²) < 4.78 is 90.5. The third-order valence-corrected chi connectivity index (χ3v) is 28.5. The number of hydrogen-bond acceptors (Lipinski definition) is 35. The van der Waals surface area contributed by atoms with E-state index in [4.69, 9.17) is 74.5 Å². The number of carbonyl (C=O) groups excluding carboxylic acids is 5. The molecule has 41 heteroatoms. The van der Waals surface area contributed by atoms with E-state index >= 15 is 0 Å². The Morgan fingerprint density at radius 1 is 0.338 bits per heavy atom. The maximum Gasteiger partial charge on any atom is 0.298 e. The van der Waals surface area contributed by atoms with Crippen LogP contribution in [0.15, 0.2) is 132 Å². The molecule has 6 aromatic heterocycles. The Hall–Kier alpha value is -13.1. The van der Waals surface area contributed by atoms with Crippen LogP contribution in [-0.4, -0.2) is 272 Å². The van der Waals surface area contributed by atoms with Gasteiger partial charge in [-0.25, -0.2) is 15.0 Å². The molecule has 8 fully saturated rings. The smallest absolute Gasteiger partial charge is 0.298 e. The third kappa shape index (κ3) is 24.5. The van der Waals surface area contributed by atoms with Crippen molar-refractivity contribution in [1.82, 2.24) is 29.9 Å². The number of amides is 5. The lowest BCUT2D eigenvalue weighted by Crippen LogP contribution is -2.37.